The summed E-state index contributed by atoms with van der Waals surface area (Å²) in [4.78, 5) is 46.4. The predicted octanol–water partition coefficient (Wildman–Crippen LogP) is 7.46. The molecule has 0 bridgehead atoms. The first-order valence-corrected chi connectivity index (χ1v) is 15.6. The number of nitrogens with zero attached hydrogens (tertiary/aromatic N) is 1. The fraction of sp³-hybridized carbons (Fsp3) is 0.250. The van der Waals surface area contributed by atoms with Gasteiger partial charge >= 0.3 is 0 Å². The minimum atomic E-state index is -1.30. The number of hydrogen-bond donors (Lipinski definition) is 1. The quantitative estimate of drug-likeness (QED) is 0.176. The first kappa shape index (κ1) is 26.6. The van der Waals surface area contributed by atoms with Crippen molar-refractivity contribution in [3.05, 3.63) is 129 Å². The predicted molar refractivity (Wildman–Crippen MR) is 167 cm³/mol. The number of carbonyl (C=O) groups excluding carboxylic acids is 3. The van der Waals surface area contributed by atoms with Crippen LogP contribution in [0.3, 0.4) is 0 Å². The van der Waals surface area contributed by atoms with Crippen LogP contribution in [0.15, 0.2) is 96.5 Å². The normalized spacial score (nSPS) is 23.4. The second-order valence-electron chi connectivity index (χ2n) is 11.4. The molecule has 4 atom stereocenters. The summed E-state index contributed by atoms with van der Waals surface area (Å²) in [6.07, 6.45) is 8.29. The van der Waals surface area contributed by atoms with Gasteiger partial charge in [0.2, 0.25) is 5.91 Å². The number of Topliss-reactive ketones (excluding diaryl/α,β-unsaturated/α-hetero) is 2. The van der Waals surface area contributed by atoms with Gasteiger partial charge in [-0.1, -0.05) is 92.6 Å². The molecule has 1 spiro atoms. The zero-order chi connectivity index (χ0) is 28.8. The highest BCUT2D eigenvalue weighted by Crippen LogP contribution is 2.62. The number of benzene rings is 3. The molecule has 4 heterocycles. The van der Waals surface area contributed by atoms with E-state index < -0.39 is 23.4 Å². The van der Waals surface area contributed by atoms with Gasteiger partial charge in [0.15, 0.2) is 11.6 Å². The van der Waals surface area contributed by atoms with Crippen LogP contribution < -0.4 is 5.32 Å². The van der Waals surface area contributed by atoms with E-state index in [4.69, 9.17) is 0 Å². The molecule has 1 saturated heterocycles. The van der Waals surface area contributed by atoms with E-state index >= 15 is 0 Å². The number of anilines is 1. The third kappa shape index (κ3) is 3.92. The molecule has 5 nitrogen and oxygen atoms in total. The van der Waals surface area contributed by atoms with Crippen molar-refractivity contribution < 1.29 is 14.4 Å². The first-order chi connectivity index (χ1) is 20.6. The van der Waals surface area contributed by atoms with Gasteiger partial charge in [-0.25, -0.2) is 0 Å². The Morgan fingerprint density at radius 2 is 1.69 bits per heavy atom. The van der Waals surface area contributed by atoms with Gasteiger partial charge < -0.3 is 10.2 Å². The average molecular weight is 573 g/mol. The summed E-state index contributed by atoms with van der Waals surface area (Å²) in [6.45, 7) is 2.19. The van der Waals surface area contributed by atoms with Gasteiger partial charge in [0.25, 0.3) is 0 Å². The van der Waals surface area contributed by atoms with Gasteiger partial charge in [-0.3, -0.25) is 14.4 Å². The number of thiophene rings is 1. The fourth-order valence-corrected chi connectivity index (χ4v) is 8.02. The highest BCUT2D eigenvalue weighted by molar-refractivity contribution is 7.12. The maximum atomic E-state index is 14.9. The monoisotopic (exact) mass is 572 g/mol. The molecule has 1 N–H and O–H groups in total. The molecule has 0 saturated carbocycles. The average Bonchev–Trinajstić information content (AvgIpc) is 3.74. The number of nitrogens with one attached hydrogen (secondary N) is 1. The number of unbranched alkanes of at least 4 members (excludes halogenated alkanes) is 2. The lowest BCUT2D eigenvalue weighted by Crippen LogP contribution is -2.49. The van der Waals surface area contributed by atoms with E-state index in [0.29, 0.717) is 16.1 Å². The van der Waals surface area contributed by atoms with Crippen LogP contribution in [0.25, 0.3) is 6.08 Å². The Kier molecular flexibility index (Phi) is 6.66. The lowest BCUT2D eigenvalue weighted by atomic mass is 9.62. The minimum absolute atomic E-state index is 0.136. The molecule has 6 heteroatoms. The van der Waals surface area contributed by atoms with Crippen molar-refractivity contribution in [1.82, 2.24) is 4.90 Å². The van der Waals surface area contributed by atoms with Crippen LogP contribution in [0.1, 0.15) is 74.5 Å². The van der Waals surface area contributed by atoms with Crippen molar-refractivity contribution in [2.24, 2.45) is 5.92 Å². The van der Waals surface area contributed by atoms with E-state index in [0.717, 1.165) is 36.0 Å². The van der Waals surface area contributed by atoms with Crippen LogP contribution in [0, 0.1) is 5.92 Å². The summed E-state index contributed by atoms with van der Waals surface area (Å²) in [7, 11) is 0. The van der Waals surface area contributed by atoms with Crippen molar-refractivity contribution >= 4 is 40.6 Å². The Labute approximate surface area is 249 Å². The third-order valence-electron chi connectivity index (χ3n) is 9.19. The van der Waals surface area contributed by atoms with Crippen LogP contribution >= 0.6 is 11.3 Å². The molecule has 1 fully saturated rings. The number of carbonyl (C=O) groups is 3. The summed E-state index contributed by atoms with van der Waals surface area (Å²) in [5, 5.41) is 4.99. The summed E-state index contributed by atoms with van der Waals surface area (Å²) in [5.74, 6) is -1.50. The lowest BCUT2D eigenvalue weighted by Gasteiger charge is -2.38. The Hall–Kier alpha value is -4.29. The van der Waals surface area contributed by atoms with E-state index in [1.165, 1.54) is 23.3 Å². The maximum Gasteiger partial charge on any atom is 0.238 e. The standard InChI is InChI=1S/C36H32N2O3S/c1-2-3-4-10-23-16-18-25(19-17-23)32(39)30-31(33(40)29-15-9-22-42-29)38-21-20-24-11-5-6-12-26(24)34(38)36(30)27-13-7-8-14-28(27)37-35(36)41/h5-9,11-22,30-31,34H,2-4,10H2,1H3,(H,37,41)/t30-,31+,34-,36-/m1/s1. The number of ketones is 2. The van der Waals surface area contributed by atoms with Crippen molar-refractivity contribution in [2.75, 3.05) is 5.32 Å². The molecule has 4 aromatic rings. The fourth-order valence-electron chi connectivity index (χ4n) is 7.33. The minimum Gasteiger partial charge on any atom is -0.358 e. The van der Waals surface area contributed by atoms with Gasteiger partial charge in [0.1, 0.15) is 11.5 Å². The van der Waals surface area contributed by atoms with Gasteiger partial charge in [0, 0.05) is 17.5 Å². The van der Waals surface area contributed by atoms with Gasteiger partial charge in [-0.15, -0.1) is 11.3 Å². The summed E-state index contributed by atoms with van der Waals surface area (Å²) in [6, 6.07) is 25.7. The number of hydrogen-bond acceptors (Lipinski definition) is 5. The first-order valence-electron chi connectivity index (χ1n) is 14.7. The highest BCUT2D eigenvalue weighted by Gasteiger charge is 2.70. The number of para-hydroxylation sites is 1. The molecule has 1 aromatic heterocycles. The number of fused-ring (bicyclic) bond motifs is 6. The van der Waals surface area contributed by atoms with E-state index in [2.05, 4.69) is 12.2 Å². The molecular formula is C36H32N2O3S. The Balaban J connectivity index is 1.44. The molecule has 7 rings (SSSR count). The van der Waals surface area contributed by atoms with E-state index in [1.807, 2.05) is 107 Å². The summed E-state index contributed by atoms with van der Waals surface area (Å²) in [5.41, 5.74) is 3.81. The van der Waals surface area contributed by atoms with Crippen molar-refractivity contribution in [3.63, 3.8) is 0 Å². The van der Waals surface area contributed by atoms with Crippen molar-refractivity contribution in [1.29, 1.82) is 0 Å². The smallest absolute Gasteiger partial charge is 0.238 e. The van der Waals surface area contributed by atoms with Crippen LogP contribution in [0.5, 0.6) is 0 Å². The Morgan fingerprint density at radius 1 is 0.905 bits per heavy atom. The Morgan fingerprint density at radius 3 is 2.48 bits per heavy atom. The van der Waals surface area contributed by atoms with Crippen molar-refractivity contribution in [3.8, 4) is 0 Å². The lowest BCUT2D eigenvalue weighted by molar-refractivity contribution is -0.122. The largest absolute Gasteiger partial charge is 0.358 e. The van der Waals surface area contributed by atoms with E-state index in [-0.39, 0.29) is 17.5 Å². The SMILES string of the molecule is CCCCCc1ccc(C(=O)[C@H]2[C@@H](C(=O)c3cccs3)N3C=Cc4ccccc4[C@@H]3[C@]23C(=O)Nc2ccccc23)cc1. The van der Waals surface area contributed by atoms with Crippen LogP contribution in [-0.2, 0) is 16.6 Å². The molecule has 3 aliphatic rings. The van der Waals surface area contributed by atoms with E-state index in [9.17, 15) is 14.4 Å². The summed E-state index contributed by atoms with van der Waals surface area (Å²) < 4.78 is 0. The van der Waals surface area contributed by atoms with Gasteiger partial charge in [0.05, 0.1) is 16.8 Å². The topological polar surface area (TPSA) is 66.5 Å². The molecule has 1 amide bonds. The molecule has 42 heavy (non-hydrogen) atoms. The second-order valence-corrected chi connectivity index (χ2v) is 12.4. The highest BCUT2D eigenvalue weighted by atomic mass is 32.1. The van der Waals surface area contributed by atoms with Crippen LogP contribution in [-0.4, -0.2) is 28.4 Å². The van der Waals surface area contributed by atoms with Crippen molar-refractivity contribution in [2.45, 2.75) is 50.1 Å². The molecule has 3 aromatic carbocycles. The molecular weight excluding hydrogens is 540 g/mol. The molecule has 3 aliphatic heterocycles. The number of aryl methyl sites for hydroxylation is 1. The molecule has 0 unspecified atom stereocenters. The number of rotatable bonds is 8. The molecule has 0 radical (unpaired) electrons. The third-order valence-corrected chi connectivity index (χ3v) is 10.1. The Bertz CT molecular complexity index is 1710. The maximum absolute atomic E-state index is 14.9. The van der Waals surface area contributed by atoms with E-state index in [1.54, 1.807) is 0 Å². The van der Waals surface area contributed by atoms with Crippen LogP contribution in [0.2, 0.25) is 0 Å². The van der Waals surface area contributed by atoms with Gasteiger partial charge in [-0.2, -0.15) is 0 Å². The zero-order valence-corrected chi connectivity index (χ0v) is 24.3. The van der Waals surface area contributed by atoms with Crippen LogP contribution in [0.4, 0.5) is 5.69 Å². The molecule has 210 valence electrons. The second kappa shape index (κ2) is 10.5. The molecule has 0 aliphatic carbocycles. The summed E-state index contributed by atoms with van der Waals surface area (Å²) >= 11 is 1.37. The zero-order valence-electron chi connectivity index (χ0n) is 23.5. The van der Waals surface area contributed by atoms with Gasteiger partial charge in [-0.05, 0) is 58.7 Å². The number of amides is 1.